The number of hydrogen-bond acceptors (Lipinski definition) is 4. The highest BCUT2D eigenvalue weighted by atomic mass is 16.1. The molecule has 0 radical (unpaired) electrons. The molecule has 2 rings (SSSR count). The van der Waals surface area contributed by atoms with Gasteiger partial charge in [-0.2, -0.15) is 5.10 Å². The predicted molar refractivity (Wildman–Crippen MR) is 73.2 cm³/mol. The number of nitrogens with one attached hydrogen (secondary N) is 2. The van der Waals surface area contributed by atoms with Crippen LogP contribution in [0.4, 0.5) is 0 Å². The number of rotatable bonds is 6. The van der Waals surface area contributed by atoms with Gasteiger partial charge in [-0.05, 0) is 26.0 Å². The van der Waals surface area contributed by atoms with Gasteiger partial charge in [0.2, 0.25) is 0 Å². The molecule has 0 atom stereocenters. The number of nitrogens with zero attached hydrogens (tertiary/aromatic N) is 3. The molecule has 0 unspecified atom stereocenters. The van der Waals surface area contributed by atoms with Crippen molar-refractivity contribution < 1.29 is 4.79 Å². The normalized spacial score (nSPS) is 10.8. The van der Waals surface area contributed by atoms with Gasteiger partial charge in [-0.15, -0.1) is 0 Å². The molecule has 2 aromatic heterocycles. The van der Waals surface area contributed by atoms with E-state index in [0.717, 1.165) is 25.2 Å². The molecule has 0 saturated carbocycles. The van der Waals surface area contributed by atoms with E-state index >= 15 is 0 Å². The first-order valence-corrected chi connectivity index (χ1v) is 6.52. The lowest BCUT2D eigenvalue weighted by atomic mass is 10.3. The second-order valence-corrected chi connectivity index (χ2v) is 4.40. The molecule has 0 aliphatic rings. The molecule has 0 fully saturated rings. The van der Waals surface area contributed by atoms with Gasteiger partial charge in [0, 0.05) is 25.0 Å². The van der Waals surface area contributed by atoms with Crippen LogP contribution in [-0.4, -0.2) is 40.1 Å². The molecule has 0 aliphatic heterocycles. The molecule has 2 N–H and O–H groups in total. The summed E-state index contributed by atoms with van der Waals surface area (Å²) in [5, 5.41) is 10.2. The summed E-state index contributed by atoms with van der Waals surface area (Å²) in [7, 11) is 0. The number of carbonyl (C=O) groups excluding carboxylic acids is 1. The van der Waals surface area contributed by atoms with E-state index in [4.69, 9.17) is 0 Å². The minimum Gasteiger partial charge on any atom is -0.351 e. The van der Waals surface area contributed by atoms with Gasteiger partial charge in [0.1, 0.15) is 5.56 Å². The quantitative estimate of drug-likeness (QED) is 0.753. The Labute approximate surface area is 112 Å². The van der Waals surface area contributed by atoms with E-state index in [9.17, 15) is 4.79 Å². The zero-order valence-electron chi connectivity index (χ0n) is 11.3. The molecule has 1 amide bonds. The Morgan fingerprint density at radius 1 is 1.37 bits per heavy atom. The van der Waals surface area contributed by atoms with Gasteiger partial charge in [-0.1, -0.05) is 6.92 Å². The van der Waals surface area contributed by atoms with Crippen LogP contribution in [0.25, 0.3) is 5.65 Å². The summed E-state index contributed by atoms with van der Waals surface area (Å²) < 4.78 is 1.61. The minimum absolute atomic E-state index is 0.133. The summed E-state index contributed by atoms with van der Waals surface area (Å²) in [6.45, 7) is 6.34. The molecule has 6 nitrogen and oxygen atoms in total. The molecule has 0 aliphatic carbocycles. The maximum atomic E-state index is 12.0. The summed E-state index contributed by atoms with van der Waals surface area (Å²) in [4.78, 5) is 16.4. The monoisotopic (exact) mass is 261 g/mol. The van der Waals surface area contributed by atoms with E-state index in [0.29, 0.717) is 17.8 Å². The smallest absolute Gasteiger partial charge is 0.256 e. The zero-order valence-corrected chi connectivity index (χ0v) is 11.3. The standard InChI is InChI=1S/C13H19N5O/c1-3-5-14-6-7-15-13(19)11-9-16-18-8-4-10(2)17-12(11)18/h4,8-9,14H,3,5-7H2,1-2H3,(H,15,19). The first kappa shape index (κ1) is 13.5. The second-order valence-electron chi connectivity index (χ2n) is 4.40. The zero-order chi connectivity index (χ0) is 13.7. The van der Waals surface area contributed by atoms with Crippen molar-refractivity contribution in [1.82, 2.24) is 25.2 Å². The average Bonchev–Trinajstić information content (AvgIpc) is 2.81. The lowest BCUT2D eigenvalue weighted by Gasteiger charge is -2.05. The van der Waals surface area contributed by atoms with Crippen molar-refractivity contribution in [3.63, 3.8) is 0 Å². The maximum Gasteiger partial charge on any atom is 0.256 e. The maximum absolute atomic E-state index is 12.0. The van der Waals surface area contributed by atoms with Crippen LogP contribution < -0.4 is 10.6 Å². The van der Waals surface area contributed by atoms with Crippen LogP contribution in [0.3, 0.4) is 0 Å². The Morgan fingerprint density at radius 3 is 3.00 bits per heavy atom. The molecule has 0 spiro atoms. The number of hydrogen-bond donors (Lipinski definition) is 2. The molecule has 19 heavy (non-hydrogen) atoms. The van der Waals surface area contributed by atoms with Crippen LogP contribution in [0.5, 0.6) is 0 Å². The van der Waals surface area contributed by atoms with Crippen LogP contribution in [-0.2, 0) is 0 Å². The fraction of sp³-hybridized carbons (Fsp3) is 0.462. The summed E-state index contributed by atoms with van der Waals surface area (Å²) in [6, 6.07) is 1.86. The first-order chi connectivity index (χ1) is 9.22. The fourth-order valence-corrected chi connectivity index (χ4v) is 1.78. The van der Waals surface area contributed by atoms with E-state index in [1.165, 1.54) is 0 Å². The average molecular weight is 261 g/mol. The van der Waals surface area contributed by atoms with Crippen LogP contribution in [0.2, 0.25) is 0 Å². The molecule has 102 valence electrons. The van der Waals surface area contributed by atoms with Gasteiger partial charge < -0.3 is 10.6 Å². The van der Waals surface area contributed by atoms with Gasteiger partial charge in [0.05, 0.1) is 6.20 Å². The third-order valence-corrected chi connectivity index (χ3v) is 2.77. The number of aryl methyl sites for hydroxylation is 1. The Hall–Kier alpha value is -1.95. The summed E-state index contributed by atoms with van der Waals surface area (Å²) in [6.07, 6.45) is 4.44. The van der Waals surface area contributed by atoms with E-state index in [1.54, 1.807) is 16.9 Å². The Bertz CT molecular complexity index is 563. The largest absolute Gasteiger partial charge is 0.351 e. The van der Waals surface area contributed by atoms with Crippen molar-refractivity contribution in [3.8, 4) is 0 Å². The number of aromatic nitrogens is 3. The lowest BCUT2D eigenvalue weighted by Crippen LogP contribution is -2.32. The van der Waals surface area contributed by atoms with Crippen molar-refractivity contribution in [2.24, 2.45) is 0 Å². The Morgan fingerprint density at radius 2 is 2.21 bits per heavy atom. The summed E-state index contributed by atoms with van der Waals surface area (Å²) in [5.41, 5.74) is 1.98. The van der Waals surface area contributed by atoms with Crippen molar-refractivity contribution in [1.29, 1.82) is 0 Å². The second kappa shape index (κ2) is 6.29. The highest BCUT2D eigenvalue weighted by molar-refractivity contribution is 5.99. The van der Waals surface area contributed by atoms with Gasteiger partial charge in [-0.25, -0.2) is 9.50 Å². The lowest BCUT2D eigenvalue weighted by molar-refractivity contribution is 0.0955. The van der Waals surface area contributed by atoms with Crippen LogP contribution in [0.15, 0.2) is 18.5 Å². The first-order valence-electron chi connectivity index (χ1n) is 6.52. The molecule has 6 heteroatoms. The molecular weight excluding hydrogens is 242 g/mol. The predicted octanol–water partition coefficient (Wildman–Crippen LogP) is 0.767. The minimum atomic E-state index is -0.133. The summed E-state index contributed by atoms with van der Waals surface area (Å²) >= 11 is 0. The highest BCUT2D eigenvalue weighted by Crippen LogP contribution is 2.08. The Kier molecular flexibility index (Phi) is 4.46. The third-order valence-electron chi connectivity index (χ3n) is 2.77. The molecular formula is C13H19N5O. The van der Waals surface area contributed by atoms with Gasteiger partial charge in [0.15, 0.2) is 5.65 Å². The Balaban J connectivity index is 1.99. The topological polar surface area (TPSA) is 71.3 Å². The molecule has 2 heterocycles. The van der Waals surface area contributed by atoms with E-state index in [1.807, 2.05) is 13.0 Å². The van der Waals surface area contributed by atoms with Crippen molar-refractivity contribution >= 4 is 11.6 Å². The van der Waals surface area contributed by atoms with Crippen molar-refractivity contribution in [2.75, 3.05) is 19.6 Å². The third kappa shape index (κ3) is 3.29. The summed E-state index contributed by atoms with van der Waals surface area (Å²) in [5.74, 6) is -0.133. The van der Waals surface area contributed by atoms with Gasteiger partial charge in [-0.3, -0.25) is 4.79 Å². The number of amides is 1. The van der Waals surface area contributed by atoms with E-state index < -0.39 is 0 Å². The number of carbonyl (C=O) groups is 1. The van der Waals surface area contributed by atoms with Gasteiger partial charge in [0.25, 0.3) is 5.91 Å². The SMILES string of the molecule is CCCNCCNC(=O)c1cnn2ccc(C)nc12. The molecule has 0 bridgehead atoms. The highest BCUT2D eigenvalue weighted by Gasteiger charge is 2.13. The van der Waals surface area contributed by atoms with Gasteiger partial charge >= 0.3 is 0 Å². The molecule has 2 aromatic rings. The van der Waals surface area contributed by atoms with E-state index in [-0.39, 0.29) is 5.91 Å². The number of fused-ring (bicyclic) bond motifs is 1. The van der Waals surface area contributed by atoms with Crippen LogP contribution in [0, 0.1) is 6.92 Å². The van der Waals surface area contributed by atoms with Crippen molar-refractivity contribution in [2.45, 2.75) is 20.3 Å². The van der Waals surface area contributed by atoms with Crippen LogP contribution in [0.1, 0.15) is 29.4 Å². The van der Waals surface area contributed by atoms with Crippen LogP contribution >= 0.6 is 0 Å². The molecule has 0 aromatic carbocycles. The molecule has 0 saturated heterocycles. The van der Waals surface area contributed by atoms with Crippen molar-refractivity contribution in [3.05, 3.63) is 29.7 Å². The van der Waals surface area contributed by atoms with E-state index in [2.05, 4.69) is 27.6 Å². The fourth-order valence-electron chi connectivity index (χ4n) is 1.78.